The summed E-state index contributed by atoms with van der Waals surface area (Å²) in [6.45, 7) is 1.88. The van der Waals surface area contributed by atoms with Crippen LogP contribution in [0.1, 0.15) is 11.1 Å². The van der Waals surface area contributed by atoms with Gasteiger partial charge in [0.25, 0.3) is 0 Å². The maximum atomic E-state index is 11.4. The zero-order chi connectivity index (χ0) is 13.5. The Morgan fingerprint density at radius 1 is 1.44 bits per heavy atom. The van der Waals surface area contributed by atoms with E-state index in [1.165, 1.54) is 20.3 Å². The molecule has 0 atom stereocenters. The fourth-order valence-electron chi connectivity index (χ4n) is 1.50. The van der Waals surface area contributed by atoms with Crippen LogP contribution in [0.15, 0.2) is 29.0 Å². The molecule has 0 aliphatic heterocycles. The van der Waals surface area contributed by atoms with Gasteiger partial charge in [-0.1, -0.05) is 23.3 Å². The van der Waals surface area contributed by atoms with Gasteiger partial charge in [0.1, 0.15) is 11.4 Å². The molecular weight excluding hydrogens is 234 g/mol. The summed E-state index contributed by atoms with van der Waals surface area (Å²) in [7, 11) is 2.75. The first-order valence-electron chi connectivity index (χ1n) is 5.12. The Bertz CT molecular complexity index is 531. The van der Waals surface area contributed by atoms with Crippen LogP contribution in [0, 0.1) is 6.92 Å². The van der Waals surface area contributed by atoms with Gasteiger partial charge in [-0.15, -0.1) is 0 Å². The van der Waals surface area contributed by atoms with E-state index in [9.17, 15) is 4.79 Å². The van der Waals surface area contributed by atoms with Gasteiger partial charge in [-0.3, -0.25) is 0 Å². The average Bonchev–Trinajstić information content (AvgIpc) is 2.37. The molecule has 0 fully saturated rings. The molecule has 0 heterocycles. The summed E-state index contributed by atoms with van der Waals surface area (Å²) in [6.07, 6.45) is 1.43. The molecule has 0 saturated carbocycles. The molecule has 0 saturated heterocycles. The molecule has 0 amide bonds. The lowest BCUT2D eigenvalue weighted by molar-refractivity contribution is -0.136. The maximum absolute atomic E-state index is 11.4. The van der Waals surface area contributed by atoms with Crippen molar-refractivity contribution in [3.63, 3.8) is 0 Å². The topological polar surface area (TPSA) is 84.3 Å². The molecule has 0 radical (unpaired) electrons. The number of esters is 1. The molecule has 0 N–H and O–H groups in total. The minimum Gasteiger partial charge on any atom is -0.496 e. The Hall–Kier alpha value is -2.46. The highest BCUT2D eigenvalue weighted by Crippen LogP contribution is 2.25. The van der Waals surface area contributed by atoms with Crippen molar-refractivity contribution >= 4 is 12.0 Å². The lowest BCUT2D eigenvalue weighted by atomic mass is 10.1. The largest absolute Gasteiger partial charge is 0.496 e. The van der Waals surface area contributed by atoms with Crippen LogP contribution in [-0.4, -0.2) is 20.2 Å². The van der Waals surface area contributed by atoms with E-state index in [2.05, 4.69) is 14.8 Å². The average molecular weight is 247 g/mol. The molecule has 0 bridgehead atoms. The van der Waals surface area contributed by atoms with Crippen molar-refractivity contribution < 1.29 is 14.3 Å². The number of azide groups is 1. The number of ether oxygens (including phenoxy) is 2. The Morgan fingerprint density at radius 2 is 2.17 bits per heavy atom. The molecule has 6 nitrogen and oxygen atoms in total. The van der Waals surface area contributed by atoms with E-state index in [-0.39, 0.29) is 5.70 Å². The van der Waals surface area contributed by atoms with Crippen LogP contribution in [0.5, 0.6) is 5.75 Å². The molecule has 0 aliphatic carbocycles. The van der Waals surface area contributed by atoms with Gasteiger partial charge in [0.2, 0.25) is 0 Å². The Morgan fingerprint density at radius 3 is 2.72 bits per heavy atom. The van der Waals surface area contributed by atoms with Gasteiger partial charge in [0.05, 0.1) is 14.2 Å². The first kappa shape index (κ1) is 13.6. The van der Waals surface area contributed by atoms with Crippen LogP contribution in [0.3, 0.4) is 0 Å². The molecule has 94 valence electrons. The van der Waals surface area contributed by atoms with Crippen molar-refractivity contribution in [2.75, 3.05) is 14.2 Å². The molecule has 1 rings (SSSR count). The third-order valence-electron chi connectivity index (χ3n) is 2.29. The van der Waals surface area contributed by atoms with E-state index >= 15 is 0 Å². The van der Waals surface area contributed by atoms with E-state index in [0.29, 0.717) is 11.3 Å². The third-order valence-corrected chi connectivity index (χ3v) is 2.29. The highest BCUT2D eigenvalue weighted by atomic mass is 16.5. The van der Waals surface area contributed by atoms with Crippen molar-refractivity contribution in [3.8, 4) is 5.75 Å². The number of rotatable bonds is 4. The number of hydrogen-bond donors (Lipinski definition) is 0. The highest BCUT2D eigenvalue weighted by Gasteiger charge is 2.10. The molecule has 1 aromatic carbocycles. The van der Waals surface area contributed by atoms with Crippen LogP contribution < -0.4 is 4.74 Å². The van der Waals surface area contributed by atoms with Crippen LogP contribution in [-0.2, 0) is 9.53 Å². The molecule has 1 aromatic rings. The molecule has 18 heavy (non-hydrogen) atoms. The zero-order valence-electron chi connectivity index (χ0n) is 10.4. The highest BCUT2D eigenvalue weighted by molar-refractivity contribution is 5.93. The molecule has 0 unspecified atom stereocenters. The predicted octanol–water partition coefficient (Wildman–Crippen LogP) is 2.83. The van der Waals surface area contributed by atoms with Gasteiger partial charge in [0.15, 0.2) is 0 Å². The fraction of sp³-hybridized carbons (Fsp3) is 0.250. The fourth-order valence-corrected chi connectivity index (χ4v) is 1.50. The van der Waals surface area contributed by atoms with Crippen molar-refractivity contribution in [1.29, 1.82) is 0 Å². The second kappa shape index (κ2) is 6.32. The summed E-state index contributed by atoms with van der Waals surface area (Å²) >= 11 is 0. The standard InChI is InChI=1S/C12H13N3O3/c1-8-5-4-6-9(11(8)17-2)7-10(14-15-13)12(16)18-3/h4-7H,1-3H3/b10-7+. The maximum Gasteiger partial charge on any atom is 0.340 e. The Balaban J connectivity index is 3.32. The Kier molecular flexibility index (Phi) is 4.78. The second-order valence-corrected chi connectivity index (χ2v) is 3.41. The van der Waals surface area contributed by atoms with Crippen molar-refractivity contribution in [2.24, 2.45) is 5.11 Å². The van der Waals surface area contributed by atoms with Crippen molar-refractivity contribution in [1.82, 2.24) is 0 Å². The third kappa shape index (κ3) is 3.02. The second-order valence-electron chi connectivity index (χ2n) is 3.41. The van der Waals surface area contributed by atoms with E-state index in [1.54, 1.807) is 6.07 Å². The minimum absolute atomic E-state index is 0.121. The Labute approximate surface area is 104 Å². The van der Waals surface area contributed by atoms with Gasteiger partial charge in [0, 0.05) is 10.5 Å². The van der Waals surface area contributed by atoms with E-state index in [1.807, 2.05) is 19.1 Å². The minimum atomic E-state index is -0.698. The van der Waals surface area contributed by atoms with Crippen molar-refractivity contribution in [2.45, 2.75) is 6.92 Å². The van der Waals surface area contributed by atoms with Gasteiger partial charge in [-0.2, -0.15) is 0 Å². The number of methoxy groups -OCH3 is 2. The molecule has 0 aromatic heterocycles. The number of carbonyl (C=O) groups excluding carboxylic acids is 1. The summed E-state index contributed by atoms with van der Waals surface area (Å²) in [5, 5.41) is 3.31. The normalized spacial score (nSPS) is 10.5. The first-order valence-corrected chi connectivity index (χ1v) is 5.12. The first-order chi connectivity index (χ1) is 8.63. The summed E-state index contributed by atoms with van der Waals surface area (Å²) in [5.41, 5.74) is 9.85. The summed E-state index contributed by atoms with van der Waals surface area (Å²) in [5.74, 6) is -0.0802. The zero-order valence-corrected chi connectivity index (χ0v) is 10.4. The van der Waals surface area contributed by atoms with Gasteiger partial charge in [-0.25, -0.2) is 4.79 Å². The quantitative estimate of drug-likeness (QED) is 0.269. The number of hydrogen-bond acceptors (Lipinski definition) is 4. The van der Waals surface area contributed by atoms with E-state index < -0.39 is 5.97 Å². The van der Waals surface area contributed by atoms with Gasteiger partial charge in [-0.05, 0) is 24.1 Å². The number of carbonyl (C=O) groups is 1. The molecule has 0 aliphatic rings. The summed E-state index contributed by atoms with van der Waals surface area (Å²) < 4.78 is 9.77. The lowest BCUT2D eigenvalue weighted by Crippen LogP contribution is -2.02. The molecule has 0 spiro atoms. The smallest absolute Gasteiger partial charge is 0.340 e. The summed E-state index contributed by atoms with van der Waals surface area (Å²) in [6, 6.07) is 5.44. The number of benzene rings is 1. The molecule has 6 heteroatoms. The number of para-hydroxylation sites is 1. The number of nitrogens with zero attached hydrogens (tertiary/aromatic N) is 3. The lowest BCUT2D eigenvalue weighted by Gasteiger charge is -2.08. The van der Waals surface area contributed by atoms with Gasteiger partial charge >= 0.3 is 5.97 Å². The number of aryl methyl sites for hydroxylation is 1. The van der Waals surface area contributed by atoms with E-state index in [4.69, 9.17) is 10.3 Å². The van der Waals surface area contributed by atoms with Crippen molar-refractivity contribution in [3.05, 3.63) is 45.5 Å². The van der Waals surface area contributed by atoms with Crippen LogP contribution in [0.4, 0.5) is 0 Å². The monoisotopic (exact) mass is 247 g/mol. The SMILES string of the molecule is COC(=O)/C(=C\c1cccc(C)c1OC)N=[N+]=[N-]. The van der Waals surface area contributed by atoms with Gasteiger partial charge < -0.3 is 9.47 Å². The van der Waals surface area contributed by atoms with Crippen LogP contribution in [0.25, 0.3) is 16.5 Å². The van der Waals surface area contributed by atoms with E-state index in [0.717, 1.165) is 5.56 Å². The predicted molar refractivity (Wildman–Crippen MR) is 66.9 cm³/mol. The summed E-state index contributed by atoms with van der Waals surface area (Å²) in [4.78, 5) is 14.0. The van der Waals surface area contributed by atoms with Crippen LogP contribution in [0.2, 0.25) is 0 Å². The van der Waals surface area contributed by atoms with Crippen LogP contribution >= 0.6 is 0 Å². The molecular formula is C12H13N3O3.